The molecule has 0 bridgehead atoms. The van der Waals surface area contributed by atoms with Crippen LogP contribution in [0.5, 0.6) is 0 Å². The molecule has 4 nitrogen and oxygen atoms in total. The molecule has 1 aliphatic rings. The molecule has 1 unspecified atom stereocenters. The third kappa shape index (κ3) is 2.29. The van der Waals surface area contributed by atoms with Crippen LogP contribution < -0.4 is 5.73 Å². The van der Waals surface area contributed by atoms with E-state index in [1.807, 2.05) is 30.5 Å². The molecule has 3 heterocycles. The lowest BCUT2D eigenvalue weighted by Gasteiger charge is -2.19. The molecular weight excluding hydrogens is 278 g/mol. The van der Waals surface area contributed by atoms with Gasteiger partial charge in [0.1, 0.15) is 17.6 Å². The molecule has 0 amide bonds. The lowest BCUT2D eigenvalue weighted by atomic mass is 10.1. The molecule has 0 radical (unpaired) electrons. The first-order chi connectivity index (χ1) is 9.15. The van der Waals surface area contributed by atoms with Crippen LogP contribution in [-0.4, -0.2) is 15.8 Å². The number of nitrogens with zero attached hydrogens (tertiary/aromatic N) is 2. The minimum absolute atomic E-state index is 0.0386. The summed E-state index contributed by atoms with van der Waals surface area (Å²) in [6, 6.07) is 7.92. The predicted octanol–water partition coefficient (Wildman–Crippen LogP) is 3.04. The summed E-state index contributed by atoms with van der Waals surface area (Å²) in [4.78, 5) is 1.15. The maximum Gasteiger partial charge on any atom is 0.187 e. The summed E-state index contributed by atoms with van der Waals surface area (Å²) < 4.78 is 5.69. The zero-order chi connectivity index (χ0) is 13.4. The Morgan fingerprint density at radius 2 is 2.37 bits per heavy atom. The quantitative estimate of drug-likeness (QED) is 0.864. The van der Waals surface area contributed by atoms with E-state index in [4.69, 9.17) is 22.4 Å². The highest BCUT2D eigenvalue weighted by atomic mass is 32.1. The smallest absolute Gasteiger partial charge is 0.187 e. The Morgan fingerprint density at radius 1 is 1.53 bits per heavy atom. The highest BCUT2D eigenvalue weighted by Gasteiger charge is 2.32. The predicted molar refractivity (Wildman–Crippen MR) is 80.3 cm³/mol. The van der Waals surface area contributed by atoms with E-state index in [2.05, 4.69) is 11.2 Å². The van der Waals surface area contributed by atoms with Crippen molar-refractivity contribution in [1.29, 1.82) is 0 Å². The van der Waals surface area contributed by atoms with Crippen LogP contribution >= 0.6 is 23.6 Å². The summed E-state index contributed by atoms with van der Waals surface area (Å²) in [5, 5.41) is 8.50. The van der Waals surface area contributed by atoms with Gasteiger partial charge in [0.25, 0.3) is 0 Å². The van der Waals surface area contributed by atoms with Crippen molar-refractivity contribution in [2.45, 2.75) is 19.4 Å². The molecular formula is C13H13N3OS2. The van der Waals surface area contributed by atoms with Gasteiger partial charge in [0.05, 0.1) is 10.6 Å². The monoisotopic (exact) mass is 291 g/mol. The lowest BCUT2D eigenvalue weighted by Crippen LogP contribution is -2.31. The minimum Gasteiger partial charge on any atom is -0.464 e. The van der Waals surface area contributed by atoms with Gasteiger partial charge in [-0.25, -0.2) is 5.01 Å². The van der Waals surface area contributed by atoms with Gasteiger partial charge >= 0.3 is 0 Å². The van der Waals surface area contributed by atoms with Gasteiger partial charge in [0, 0.05) is 6.42 Å². The van der Waals surface area contributed by atoms with Crippen molar-refractivity contribution in [3.8, 4) is 0 Å². The number of thiophene rings is 1. The maximum atomic E-state index is 5.76. The van der Waals surface area contributed by atoms with Gasteiger partial charge in [-0.15, -0.1) is 11.3 Å². The van der Waals surface area contributed by atoms with Gasteiger partial charge in [-0.2, -0.15) is 5.10 Å². The summed E-state index contributed by atoms with van der Waals surface area (Å²) in [5.74, 6) is 1.73. The highest BCUT2D eigenvalue weighted by Crippen LogP contribution is 2.34. The number of aryl methyl sites for hydroxylation is 1. The normalized spacial score (nSPS) is 18.7. The fourth-order valence-corrected chi connectivity index (χ4v) is 3.05. The van der Waals surface area contributed by atoms with E-state index in [9.17, 15) is 0 Å². The van der Waals surface area contributed by atoms with Crippen LogP contribution in [0.3, 0.4) is 0 Å². The fourth-order valence-electron chi connectivity index (χ4n) is 2.16. The first-order valence-electron chi connectivity index (χ1n) is 5.91. The minimum atomic E-state index is -0.0386. The van der Waals surface area contributed by atoms with Gasteiger partial charge in [-0.3, -0.25) is 0 Å². The van der Waals surface area contributed by atoms with E-state index < -0.39 is 0 Å². The Morgan fingerprint density at radius 3 is 2.95 bits per heavy atom. The first-order valence-corrected chi connectivity index (χ1v) is 7.20. The Hall–Kier alpha value is -1.66. The maximum absolute atomic E-state index is 5.76. The lowest BCUT2D eigenvalue weighted by molar-refractivity contribution is 0.311. The van der Waals surface area contributed by atoms with Crippen LogP contribution in [0, 0.1) is 6.92 Å². The molecule has 0 fully saturated rings. The van der Waals surface area contributed by atoms with Gasteiger partial charge in [-0.05, 0) is 42.7 Å². The molecule has 0 saturated carbocycles. The molecule has 0 saturated heterocycles. The number of rotatable bonds is 2. The third-order valence-electron chi connectivity index (χ3n) is 3.03. The Kier molecular flexibility index (Phi) is 3.12. The largest absolute Gasteiger partial charge is 0.464 e. The van der Waals surface area contributed by atoms with Crippen molar-refractivity contribution in [3.05, 3.63) is 46.0 Å². The van der Waals surface area contributed by atoms with Crippen LogP contribution in [0.2, 0.25) is 0 Å². The molecule has 19 heavy (non-hydrogen) atoms. The average molecular weight is 291 g/mol. The van der Waals surface area contributed by atoms with Gasteiger partial charge in [0.15, 0.2) is 5.11 Å². The second-order valence-corrected chi connectivity index (χ2v) is 5.74. The zero-order valence-corrected chi connectivity index (χ0v) is 12.0. The van der Waals surface area contributed by atoms with Crippen LogP contribution in [-0.2, 0) is 0 Å². The number of hydrogen-bond donors (Lipinski definition) is 1. The summed E-state index contributed by atoms with van der Waals surface area (Å²) in [6.07, 6.45) is 0.755. The zero-order valence-electron chi connectivity index (χ0n) is 10.4. The second-order valence-electron chi connectivity index (χ2n) is 4.38. The Labute approximate surface area is 120 Å². The average Bonchev–Trinajstić information content (AvgIpc) is 3.07. The number of hydrazone groups is 1. The van der Waals surface area contributed by atoms with Gasteiger partial charge in [0.2, 0.25) is 0 Å². The number of furan rings is 1. The van der Waals surface area contributed by atoms with Crippen molar-refractivity contribution in [2.24, 2.45) is 10.8 Å². The number of nitrogens with two attached hydrogens (primary N) is 1. The summed E-state index contributed by atoms with van der Waals surface area (Å²) in [7, 11) is 0. The van der Waals surface area contributed by atoms with E-state index >= 15 is 0 Å². The second kappa shape index (κ2) is 4.79. The summed E-state index contributed by atoms with van der Waals surface area (Å²) in [5.41, 5.74) is 6.76. The molecule has 6 heteroatoms. The summed E-state index contributed by atoms with van der Waals surface area (Å²) >= 11 is 6.74. The highest BCUT2D eigenvalue weighted by molar-refractivity contribution is 7.80. The van der Waals surface area contributed by atoms with Crippen molar-refractivity contribution in [3.63, 3.8) is 0 Å². The standard InChI is InChI=1S/C13H13N3OS2/c1-8-4-5-11(17-8)10-7-9(12-3-2-6-19-12)15-16(10)13(14)18/h2-6,10H,7H2,1H3,(H2,14,18). The van der Waals surface area contributed by atoms with Crippen LogP contribution in [0.4, 0.5) is 0 Å². The van der Waals surface area contributed by atoms with Crippen LogP contribution in [0.15, 0.2) is 39.2 Å². The van der Waals surface area contributed by atoms with Crippen molar-refractivity contribution in [1.82, 2.24) is 5.01 Å². The molecule has 0 aromatic carbocycles. The van der Waals surface area contributed by atoms with E-state index in [1.165, 1.54) is 0 Å². The van der Waals surface area contributed by atoms with E-state index in [0.717, 1.165) is 28.5 Å². The molecule has 0 spiro atoms. The third-order valence-corrected chi connectivity index (χ3v) is 4.14. The molecule has 1 aliphatic heterocycles. The van der Waals surface area contributed by atoms with Crippen molar-refractivity contribution >= 4 is 34.4 Å². The van der Waals surface area contributed by atoms with Gasteiger partial charge in [-0.1, -0.05) is 6.07 Å². The topological polar surface area (TPSA) is 54.8 Å². The van der Waals surface area contributed by atoms with Crippen LogP contribution in [0.25, 0.3) is 0 Å². The number of hydrogen-bond acceptors (Lipinski definition) is 4. The molecule has 2 aromatic heterocycles. The molecule has 2 aromatic rings. The molecule has 3 rings (SSSR count). The first kappa shape index (κ1) is 12.4. The van der Waals surface area contributed by atoms with E-state index in [-0.39, 0.29) is 11.2 Å². The molecule has 0 aliphatic carbocycles. The Balaban J connectivity index is 1.93. The van der Waals surface area contributed by atoms with Gasteiger partial charge < -0.3 is 10.2 Å². The van der Waals surface area contributed by atoms with Crippen molar-refractivity contribution in [2.75, 3.05) is 0 Å². The van der Waals surface area contributed by atoms with E-state index in [1.54, 1.807) is 16.3 Å². The van der Waals surface area contributed by atoms with Crippen molar-refractivity contribution < 1.29 is 4.42 Å². The summed E-state index contributed by atoms with van der Waals surface area (Å²) in [6.45, 7) is 1.92. The molecule has 98 valence electrons. The Bertz CT molecular complexity index is 630. The SMILES string of the molecule is Cc1ccc(C2CC(c3cccs3)=NN2C(N)=S)o1. The van der Waals surface area contributed by atoms with Crippen LogP contribution in [0.1, 0.15) is 28.9 Å². The number of thiocarbonyl (C=S) groups is 1. The fraction of sp³-hybridized carbons (Fsp3) is 0.231. The van der Waals surface area contributed by atoms with E-state index in [0.29, 0.717) is 0 Å². The molecule has 1 atom stereocenters. The molecule has 2 N–H and O–H groups in total.